The quantitative estimate of drug-likeness (QED) is 0.507. The van der Waals surface area contributed by atoms with E-state index in [0.717, 1.165) is 0 Å². The van der Waals surface area contributed by atoms with Crippen molar-refractivity contribution in [2.24, 2.45) is 5.73 Å². The molecule has 1 fully saturated rings. The molecule has 0 saturated carbocycles. The zero-order valence-corrected chi connectivity index (χ0v) is 17.4. The molecule has 0 radical (unpaired) electrons. The molecule has 3 heterocycles. The van der Waals surface area contributed by atoms with Crippen LogP contribution in [0.2, 0.25) is 0 Å². The summed E-state index contributed by atoms with van der Waals surface area (Å²) in [5.41, 5.74) is 6.48. The van der Waals surface area contributed by atoms with E-state index in [-0.39, 0.29) is 5.91 Å². The lowest BCUT2D eigenvalue weighted by Crippen LogP contribution is -2.45. The first-order chi connectivity index (χ1) is 14.4. The molecule has 1 saturated heterocycles. The summed E-state index contributed by atoms with van der Waals surface area (Å²) in [6, 6.07) is 10.6. The van der Waals surface area contributed by atoms with Crippen molar-refractivity contribution in [3.63, 3.8) is 0 Å². The number of nitrogens with one attached hydrogen (secondary N) is 2. The van der Waals surface area contributed by atoms with Crippen LogP contribution in [0, 0.1) is 0 Å². The molecule has 2 aromatic heterocycles. The molecule has 0 spiro atoms. The summed E-state index contributed by atoms with van der Waals surface area (Å²) in [6.45, 7) is 0.449. The number of primary amides is 1. The Morgan fingerprint density at radius 3 is 2.67 bits per heavy atom. The molecule has 154 valence electrons. The normalized spacial score (nSPS) is 15.9. The van der Waals surface area contributed by atoms with E-state index < -0.39 is 18.1 Å². The minimum Gasteiger partial charge on any atom is -0.351 e. The average molecular weight is 471 g/mol. The molecule has 0 bridgehead atoms. The number of nitrogens with two attached hydrogens (primary N) is 1. The van der Waals surface area contributed by atoms with Gasteiger partial charge in [0.15, 0.2) is 0 Å². The number of amides is 4. The van der Waals surface area contributed by atoms with Gasteiger partial charge in [-0.05, 0) is 47.0 Å². The fraction of sp³-hybridized carbons (Fsp3) is 0.200. The van der Waals surface area contributed by atoms with E-state index in [9.17, 15) is 14.4 Å². The third kappa shape index (κ3) is 3.86. The van der Waals surface area contributed by atoms with E-state index >= 15 is 0 Å². The summed E-state index contributed by atoms with van der Waals surface area (Å²) >= 11 is 3.27. The Morgan fingerprint density at radius 1 is 1.10 bits per heavy atom. The summed E-state index contributed by atoms with van der Waals surface area (Å²) in [7, 11) is 0. The molecule has 1 aliphatic rings. The largest absolute Gasteiger partial charge is 0.351 e. The molecule has 3 aromatic rings. The number of benzene rings is 1. The lowest BCUT2D eigenvalue weighted by atomic mass is 10.2. The number of rotatable bonds is 3. The number of carbonyl (C=O) groups excluding carboxylic acids is 3. The molecule has 30 heavy (non-hydrogen) atoms. The van der Waals surface area contributed by atoms with Crippen LogP contribution < -0.4 is 16.4 Å². The number of anilines is 2. The van der Waals surface area contributed by atoms with Crippen LogP contribution in [0.3, 0.4) is 0 Å². The van der Waals surface area contributed by atoms with Crippen molar-refractivity contribution in [1.29, 1.82) is 0 Å². The second-order valence-corrected chi connectivity index (χ2v) is 7.70. The first-order valence-corrected chi connectivity index (χ1v) is 10.1. The van der Waals surface area contributed by atoms with Gasteiger partial charge in [0, 0.05) is 18.1 Å². The van der Waals surface area contributed by atoms with Crippen molar-refractivity contribution in [3.8, 4) is 0 Å². The third-order valence-electron chi connectivity index (χ3n) is 4.97. The summed E-state index contributed by atoms with van der Waals surface area (Å²) in [5, 5.41) is 6.25. The highest BCUT2D eigenvalue weighted by Gasteiger charge is 2.34. The van der Waals surface area contributed by atoms with Crippen LogP contribution in [0.5, 0.6) is 0 Å². The van der Waals surface area contributed by atoms with E-state index in [1.54, 1.807) is 42.5 Å². The molecule has 9 nitrogen and oxygen atoms in total. The highest BCUT2D eigenvalue weighted by atomic mass is 79.9. The highest BCUT2D eigenvalue weighted by molar-refractivity contribution is 9.10. The predicted molar refractivity (Wildman–Crippen MR) is 116 cm³/mol. The number of urea groups is 1. The number of halogens is 1. The zero-order chi connectivity index (χ0) is 21.3. The van der Waals surface area contributed by atoms with Crippen molar-refractivity contribution in [2.45, 2.75) is 18.9 Å². The van der Waals surface area contributed by atoms with Gasteiger partial charge in [0.2, 0.25) is 5.91 Å². The standard InChI is InChI=1S/C20H19BrN6O3/c21-16-8-3-9-17(24-16)25-18(28)15-7-4-10-26(15)20(30)23-13-11-27(19(22)29)14-6-2-1-5-12(13)14/h1-3,5-6,8-9,11,15H,4,7,10H2,(H2,22,29)(H,23,30)(H,24,25,28)/t15-/m0/s1. The summed E-state index contributed by atoms with van der Waals surface area (Å²) < 4.78 is 1.88. The Bertz CT molecular complexity index is 1140. The van der Waals surface area contributed by atoms with E-state index in [0.29, 0.717) is 46.4 Å². The first kappa shape index (κ1) is 19.9. The molecule has 4 N–H and O–H groups in total. The lowest BCUT2D eigenvalue weighted by Gasteiger charge is -2.24. The van der Waals surface area contributed by atoms with Crippen LogP contribution in [0.25, 0.3) is 10.9 Å². The number of hydrogen-bond donors (Lipinski definition) is 3. The van der Waals surface area contributed by atoms with Gasteiger partial charge in [-0.1, -0.05) is 24.3 Å². The van der Waals surface area contributed by atoms with E-state index in [1.165, 1.54) is 15.7 Å². The molecule has 1 atom stereocenters. The summed E-state index contributed by atoms with van der Waals surface area (Å²) in [5.74, 6) is 0.110. The van der Waals surface area contributed by atoms with E-state index in [1.807, 2.05) is 0 Å². The van der Waals surface area contributed by atoms with Crippen molar-refractivity contribution >= 4 is 56.3 Å². The van der Waals surface area contributed by atoms with Crippen LogP contribution in [0.15, 0.2) is 53.3 Å². The van der Waals surface area contributed by atoms with Gasteiger partial charge in [0.05, 0.1) is 11.2 Å². The summed E-state index contributed by atoms with van der Waals surface area (Å²) in [6.07, 6.45) is 2.75. The van der Waals surface area contributed by atoms with Gasteiger partial charge in [-0.2, -0.15) is 0 Å². The number of nitrogens with zero attached hydrogens (tertiary/aromatic N) is 3. The minimum absolute atomic E-state index is 0.298. The second-order valence-electron chi connectivity index (χ2n) is 6.88. The third-order valence-corrected chi connectivity index (χ3v) is 5.42. The van der Waals surface area contributed by atoms with Gasteiger partial charge in [-0.3, -0.25) is 9.36 Å². The Labute approximate surface area is 180 Å². The summed E-state index contributed by atoms with van der Waals surface area (Å²) in [4.78, 5) is 43.1. The highest BCUT2D eigenvalue weighted by Crippen LogP contribution is 2.27. The Balaban J connectivity index is 1.52. The van der Waals surface area contributed by atoms with E-state index in [2.05, 4.69) is 31.5 Å². The molecule has 4 amide bonds. The monoisotopic (exact) mass is 470 g/mol. The van der Waals surface area contributed by atoms with Gasteiger partial charge in [0.25, 0.3) is 0 Å². The van der Waals surface area contributed by atoms with Gasteiger partial charge in [-0.15, -0.1) is 0 Å². The number of pyridine rings is 1. The number of para-hydroxylation sites is 1. The average Bonchev–Trinajstić information content (AvgIpc) is 3.34. The molecule has 1 aromatic carbocycles. The molecule has 1 aliphatic heterocycles. The maximum atomic E-state index is 12.9. The van der Waals surface area contributed by atoms with Gasteiger partial charge in [-0.25, -0.2) is 14.6 Å². The van der Waals surface area contributed by atoms with Crippen molar-refractivity contribution in [1.82, 2.24) is 14.5 Å². The predicted octanol–water partition coefficient (Wildman–Crippen LogP) is 3.36. The lowest BCUT2D eigenvalue weighted by molar-refractivity contribution is -0.119. The fourth-order valence-corrected chi connectivity index (χ4v) is 3.96. The molecular formula is C20H19BrN6O3. The van der Waals surface area contributed by atoms with E-state index in [4.69, 9.17) is 5.73 Å². The van der Waals surface area contributed by atoms with Crippen molar-refractivity contribution < 1.29 is 14.4 Å². The first-order valence-electron chi connectivity index (χ1n) is 9.35. The van der Waals surface area contributed by atoms with Crippen LogP contribution in [0.4, 0.5) is 21.1 Å². The van der Waals surface area contributed by atoms with Crippen molar-refractivity contribution in [3.05, 3.63) is 53.3 Å². The van der Waals surface area contributed by atoms with Crippen LogP contribution >= 0.6 is 15.9 Å². The smallest absolute Gasteiger partial charge is 0.323 e. The maximum Gasteiger partial charge on any atom is 0.323 e. The molecule has 10 heteroatoms. The Morgan fingerprint density at radius 2 is 1.90 bits per heavy atom. The Kier molecular flexibility index (Phi) is 5.40. The number of likely N-dealkylation sites (tertiary alicyclic amines) is 1. The molecule has 0 unspecified atom stereocenters. The van der Waals surface area contributed by atoms with Gasteiger partial charge in [0.1, 0.15) is 16.5 Å². The topological polar surface area (TPSA) is 122 Å². The molecule has 0 aliphatic carbocycles. The number of carbonyl (C=O) groups is 3. The van der Waals surface area contributed by atoms with Crippen LogP contribution in [0.1, 0.15) is 12.8 Å². The van der Waals surface area contributed by atoms with Crippen LogP contribution in [-0.4, -0.2) is 45.0 Å². The van der Waals surface area contributed by atoms with Gasteiger partial charge >= 0.3 is 12.1 Å². The number of aromatic nitrogens is 2. The fourth-order valence-electron chi connectivity index (χ4n) is 3.62. The van der Waals surface area contributed by atoms with Crippen molar-refractivity contribution in [2.75, 3.05) is 17.2 Å². The number of hydrogen-bond acceptors (Lipinski definition) is 4. The maximum absolute atomic E-state index is 12.9. The minimum atomic E-state index is -0.647. The SMILES string of the molecule is NC(=O)n1cc(NC(=O)N2CCC[C@H]2C(=O)Nc2cccc(Br)n2)c2ccccc21. The van der Waals surface area contributed by atoms with Gasteiger partial charge < -0.3 is 21.3 Å². The van der Waals surface area contributed by atoms with Crippen LogP contribution in [-0.2, 0) is 4.79 Å². The second kappa shape index (κ2) is 8.15. The molecular weight excluding hydrogens is 452 g/mol. The number of fused-ring (bicyclic) bond motifs is 1. The zero-order valence-electron chi connectivity index (χ0n) is 15.8. The molecule has 4 rings (SSSR count). The Hall–Kier alpha value is -3.40.